The number of rotatable bonds is 0. The molecule has 78 valence electrons. The fourth-order valence-electron chi connectivity index (χ4n) is 3.00. The summed E-state index contributed by atoms with van der Waals surface area (Å²) in [6.07, 6.45) is 5.57. The lowest BCUT2D eigenvalue weighted by atomic mass is 9.59. The Morgan fingerprint density at radius 3 is 2.38 bits per heavy atom. The molecule has 0 aromatic rings. The molecule has 13 heavy (non-hydrogen) atoms. The second kappa shape index (κ2) is 4.43. The van der Waals surface area contributed by atoms with Crippen molar-refractivity contribution in [3.8, 4) is 0 Å². The summed E-state index contributed by atoms with van der Waals surface area (Å²) in [7, 11) is 0. The summed E-state index contributed by atoms with van der Waals surface area (Å²) >= 11 is 0. The standard InChI is InChI=1S/C9H18N2.C2H6/c1-8-5-9(6-8)3-2-4-11(10)7-9;1-2/h8H,2-7,10H2,1H3;1-2H3. The highest BCUT2D eigenvalue weighted by Crippen LogP contribution is 2.50. The Kier molecular flexibility index (Phi) is 3.74. The SMILES string of the molecule is CC.CC1CC2(CCCN(N)C2)C1. The molecule has 0 atom stereocenters. The van der Waals surface area contributed by atoms with Crippen molar-refractivity contribution in [3.05, 3.63) is 0 Å². The Bertz CT molecular complexity index is 145. The average molecular weight is 184 g/mol. The molecule has 2 nitrogen and oxygen atoms in total. The molecule has 1 aliphatic heterocycles. The van der Waals surface area contributed by atoms with Crippen molar-refractivity contribution in [2.45, 2.75) is 46.5 Å². The lowest BCUT2D eigenvalue weighted by Gasteiger charge is -2.51. The lowest BCUT2D eigenvalue weighted by molar-refractivity contribution is -0.0170. The van der Waals surface area contributed by atoms with Gasteiger partial charge in [-0.15, -0.1) is 0 Å². The molecule has 0 aromatic carbocycles. The van der Waals surface area contributed by atoms with Crippen molar-refractivity contribution in [2.75, 3.05) is 13.1 Å². The molecule has 0 unspecified atom stereocenters. The highest BCUT2D eigenvalue weighted by Gasteiger charge is 2.43. The first-order valence-corrected chi connectivity index (χ1v) is 5.70. The molecule has 1 heterocycles. The minimum absolute atomic E-state index is 0.645. The van der Waals surface area contributed by atoms with Gasteiger partial charge in [-0.05, 0) is 37.0 Å². The fourth-order valence-corrected chi connectivity index (χ4v) is 3.00. The van der Waals surface area contributed by atoms with Gasteiger partial charge in [0.05, 0.1) is 0 Å². The maximum Gasteiger partial charge on any atom is 0.0185 e. The van der Waals surface area contributed by atoms with Crippen LogP contribution in [0.4, 0.5) is 0 Å². The smallest absolute Gasteiger partial charge is 0.0185 e. The number of hydrazine groups is 1. The van der Waals surface area contributed by atoms with E-state index in [2.05, 4.69) is 6.92 Å². The van der Waals surface area contributed by atoms with Crippen LogP contribution < -0.4 is 5.84 Å². The van der Waals surface area contributed by atoms with Crippen LogP contribution in [-0.2, 0) is 0 Å². The molecule has 0 aromatic heterocycles. The number of hydrogen-bond acceptors (Lipinski definition) is 2. The summed E-state index contributed by atoms with van der Waals surface area (Å²) in [4.78, 5) is 0. The third kappa shape index (κ3) is 2.44. The zero-order valence-electron chi connectivity index (χ0n) is 9.34. The maximum atomic E-state index is 5.80. The van der Waals surface area contributed by atoms with Gasteiger partial charge in [0.15, 0.2) is 0 Å². The Morgan fingerprint density at radius 2 is 1.92 bits per heavy atom. The molecule has 1 saturated heterocycles. The molecule has 2 aliphatic rings. The van der Waals surface area contributed by atoms with Crippen molar-refractivity contribution >= 4 is 0 Å². The molecule has 2 heteroatoms. The molecule has 1 saturated carbocycles. The Balaban J connectivity index is 0.000000396. The van der Waals surface area contributed by atoms with Gasteiger partial charge in [-0.1, -0.05) is 20.8 Å². The zero-order chi connectivity index (χ0) is 9.90. The number of nitrogens with zero attached hydrogens (tertiary/aromatic N) is 1. The van der Waals surface area contributed by atoms with Crippen molar-refractivity contribution in [3.63, 3.8) is 0 Å². The summed E-state index contributed by atoms with van der Waals surface area (Å²) in [5.41, 5.74) is 0.645. The fraction of sp³-hybridized carbons (Fsp3) is 1.00. The van der Waals surface area contributed by atoms with E-state index in [0.717, 1.165) is 19.0 Å². The van der Waals surface area contributed by atoms with Gasteiger partial charge in [0.1, 0.15) is 0 Å². The predicted molar refractivity (Wildman–Crippen MR) is 57.2 cm³/mol. The highest BCUT2D eigenvalue weighted by atomic mass is 15.4. The van der Waals surface area contributed by atoms with Gasteiger partial charge in [0.25, 0.3) is 0 Å². The minimum Gasteiger partial charge on any atom is -0.269 e. The monoisotopic (exact) mass is 184 g/mol. The summed E-state index contributed by atoms with van der Waals surface area (Å²) in [5.74, 6) is 6.76. The van der Waals surface area contributed by atoms with E-state index in [1.807, 2.05) is 18.9 Å². The quantitative estimate of drug-likeness (QED) is 0.586. The molecule has 0 radical (unpaired) electrons. The Labute approximate surface area is 82.5 Å². The molecule has 1 aliphatic carbocycles. The molecule has 2 N–H and O–H groups in total. The van der Waals surface area contributed by atoms with Gasteiger partial charge in [-0.25, -0.2) is 5.01 Å². The van der Waals surface area contributed by atoms with E-state index in [0.29, 0.717) is 5.41 Å². The predicted octanol–water partition coefficient (Wildman–Crippen LogP) is 2.40. The topological polar surface area (TPSA) is 29.3 Å². The third-order valence-corrected chi connectivity index (χ3v) is 3.25. The minimum atomic E-state index is 0.645. The van der Waals surface area contributed by atoms with Crippen LogP contribution in [0.3, 0.4) is 0 Å². The average Bonchev–Trinajstić information content (AvgIpc) is 2.05. The van der Waals surface area contributed by atoms with Gasteiger partial charge in [0.2, 0.25) is 0 Å². The number of nitrogens with two attached hydrogens (primary N) is 1. The summed E-state index contributed by atoms with van der Waals surface area (Å²) in [5, 5.41) is 2.01. The van der Waals surface area contributed by atoms with Gasteiger partial charge in [-0.2, -0.15) is 0 Å². The maximum absolute atomic E-state index is 5.80. The van der Waals surface area contributed by atoms with Crippen LogP contribution in [0, 0.1) is 11.3 Å². The second-order valence-electron chi connectivity index (χ2n) is 4.59. The molecular weight excluding hydrogens is 160 g/mol. The van der Waals surface area contributed by atoms with Gasteiger partial charge in [0, 0.05) is 13.1 Å². The first-order chi connectivity index (χ1) is 6.20. The van der Waals surface area contributed by atoms with E-state index in [1.54, 1.807) is 0 Å². The summed E-state index contributed by atoms with van der Waals surface area (Å²) in [6, 6.07) is 0. The van der Waals surface area contributed by atoms with Crippen LogP contribution in [0.15, 0.2) is 0 Å². The normalized spacial score (nSPS) is 39.2. The molecule has 0 amide bonds. The van der Waals surface area contributed by atoms with Crippen LogP contribution in [0.1, 0.15) is 46.5 Å². The Morgan fingerprint density at radius 1 is 1.31 bits per heavy atom. The molecule has 1 spiro atoms. The van der Waals surface area contributed by atoms with Gasteiger partial charge >= 0.3 is 0 Å². The largest absolute Gasteiger partial charge is 0.269 e. The molecule has 0 bridgehead atoms. The van der Waals surface area contributed by atoms with Crippen LogP contribution in [0.5, 0.6) is 0 Å². The van der Waals surface area contributed by atoms with Crippen molar-refractivity contribution in [2.24, 2.45) is 17.2 Å². The Hall–Kier alpha value is -0.0800. The van der Waals surface area contributed by atoms with Crippen LogP contribution in [-0.4, -0.2) is 18.1 Å². The van der Waals surface area contributed by atoms with Gasteiger partial charge < -0.3 is 0 Å². The number of piperidine rings is 1. The van der Waals surface area contributed by atoms with E-state index in [1.165, 1.54) is 25.7 Å². The lowest BCUT2D eigenvalue weighted by Crippen LogP contribution is -2.52. The van der Waals surface area contributed by atoms with Crippen LogP contribution in [0.25, 0.3) is 0 Å². The number of hydrogen-bond donors (Lipinski definition) is 1. The zero-order valence-corrected chi connectivity index (χ0v) is 9.34. The third-order valence-electron chi connectivity index (χ3n) is 3.25. The summed E-state index contributed by atoms with van der Waals surface area (Å²) < 4.78 is 0. The molecule has 2 rings (SSSR count). The first-order valence-electron chi connectivity index (χ1n) is 5.70. The first kappa shape index (κ1) is 11.0. The second-order valence-corrected chi connectivity index (χ2v) is 4.59. The highest BCUT2D eigenvalue weighted by molar-refractivity contribution is 4.95. The van der Waals surface area contributed by atoms with E-state index >= 15 is 0 Å². The van der Waals surface area contributed by atoms with E-state index in [9.17, 15) is 0 Å². The molecular formula is C11H24N2. The van der Waals surface area contributed by atoms with E-state index in [4.69, 9.17) is 5.84 Å². The van der Waals surface area contributed by atoms with Gasteiger partial charge in [-0.3, -0.25) is 5.84 Å². The van der Waals surface area contributed by atoms with Crippen LogP contribution >= 0.6 is 0 Å². The van der Waals surface area contributed by atoms with E-state index in [-0.39, 0.29) is 0 Å². The molecule has 2 fully saturated rings. The van der Waals surface area contributed by atoms with Crippen molar-refractivity contribution < 1.29 is 0 Å². The van der Waals surface area contributed by atoms with Crippen molar-refractivity contribution in [1.82, 2.24) is 5.01 Å². The van der Waals surface area contributed by atoms with Crippen LogP contribution in [0.2, 0.25) is 0 Å². The van der Waals surface area contributed by atoms with E-state index < -0.39 is 0 Å². The van der Waals surface area contributed by atoms with Crippen molar-refractivity contribution in [1.29, 1.82) is 0 Å². The summed E-state index contributed by atoms with van der Waals surface area (Å²) in [6.45, 7) is 8.61.